The van der Waals surface area contributed by atoms with Gasteiger partial charge in [0.2, 0.25) is 5.91 Å². The van der Waals surface area contributed by atoms with Crippen LogP contribution in [0.1, 0.15) is 25.8 Å². The predicted molar refractivity (Wildman–Crippen MR) is 75.0 cm³/mol. The maximum atomic E-state index is 11.9. The Morgan fingerprint density at radius 3 is 2.95 bits per heavy atom. The highest BCUT2D eigenvalue weighted by Gasteiger charge is 2.24. The van der Waals surface area contributed by atoms with Crippen LogP contribution in [0.5, 0.6) is 5.75 Å². The lowest BCUT2D eigenvalue weighted by atomic mass is 9.99. The van der Waals surface area contributed by atoms with Crippen molar-refractivity contribution in [3.8, 4) is 5.75 Å². The van der Waals surface area contributed by atoms with Gasteiger partial charge >= 0.3 is 0 Å². The van der Waals surface area contributed by atoms with E-state index in [0.717, 1.165) is 18.6 Å². The summed E-state index contributed by atoms with van der Waals surface area (Å²) in [5, 5.41) is 2.89. The average molecular weight is 262 g/mol. The maximum absolute atomic E-state index is 11.9. The largest absolute Gasteiger partial charge is 0.488 e. The van der Waals surface area contributed by atoms with Crippen LogP contribution in [0, 0.1) is 5.92 Å². The highest BCUT2D eigenvalue weighted by Crippen LogP contribution is 2.27. The van der Waals surface area contributed by atoms with E-state index in [1.165, 1.54) is 5.56 Å². The second-order valence-electron chi connectivity index (χ2n) is 5.21. The molecule has 0 saturated carbocycles. The van der Waals surface area contributed by atoms with Crippen LogP contribution in [0.2, 0.25) is 0 Å². The normalized spacial score (nSPS) is 20.3. The molecule has 0 radical (unpaired) electrons. The summed E-state index contributed by atoms with van der Waals surface area (Å²) >= 11 is 0. The lowest BCUT2D eigenvalue weighted by Crippen LogP contribution is -2.47. The fourth-order valence-corrected chi connectivity index (χ4v) is 2.21. The molecule has 0 aliphatic carbocycles. The van der Waals surface area contributed by atoms with Crippen molar-refractivity contribution in [2.45, 2.75) is 38.8 Å². The minimum Gasteiger partial charge on any atom is -0.488 e. The number of fused-ring (bicyclic) bond motifs is 1. The summed E-state index contributed by atoms with van der Waals surface area (Å²) in [5.41, 5.74) is 7.09. The van der Waals surface area contributed by atoms with Gasteiger partial charge in [-0.1, -0.05) is 38.5 Å². The van der Waals surface area contributed by atoms with Gasteiger partial charge in [-0.05, 0) is 17.5 Å². The Morgan fingerprint density at radius 2 is 2.26 bits per heavy atom. The zero-order valence-electron chi connectivity index (χ0n) is 11.6. The summed E-state index contributed by atoms with van der Waals surface area (Å²) in [6, 6.07) is 7.54. The van der Waals surface area contributed by atoms with Gasteiger partial charge in [-0.15, -0.1) is 0 Å². The maximum Gasteiger partial charge on any atom is 0.237 e. The number of hydrogen-bond acceptors (Lipinski definition) is 3. The first kappa shape index (κ1) is 13.9. The van der Waals surface area contributed by atoms with Gasteiger partial charge in [0.15, 0.2) is 0 Å². The number of rotatable bonds is 5. The van der Waals surface area contributed by atoms with E-state index in [9.17, 15) is 4.79 Å². The molecule has 1 heterocycles. The fraction of sp³-hybridized carbons (Fsp3) is 0.533. The molecule has 3 N–H and O–H groups in total. The highest BCUT2D eigenvalue weighted by atomic mass is 16.5. The van der Waals surface area contributed by atoms with Crippen molar-refractivity contribution < 1.29 is 9.53 Å². The van der Waals surface area contributed by atoms with Crippen LogP contribution >= 0.6 is 0 Å². The molecular weight excluding hydrogens is 240 g/mol. The van der Waals surface area contributed by atoms with E-state index in [2.05, 4.69) is 11.4 Å². The lowest BCUT2D eigenvalue weighted by molar-refractivity contribution is -0.123. The monoisotopic (exact) mass is 262 g/mol. The third kappa shape index (κ3) is 3.26. The summed E-state index contributed by atoms with van der Waals surface area (Å²) < 4.78 is 5.77. The summed E-state index contributed by atoms with van der Waals surface area (Å²) in [7, 11) is 0. The van der Waals surface area contributed by atoms with Crippen molar-refractivity contribution in [2.75, 3.05) is 6.54 Å². The lowest BCUT2D eigenvalue weighted by Gasteiger charge is -2.19. The molecule has 0 saturated heterocycles. The van der Waals surface area contributed by atoms with Crippen molar-refractivity contribution >= 4 is 5.91 Å². The molecule has 104 valence electrons. The molecule has 1 amide bonds. The molecule has 1 aliphatic rings. The SMILES string of the molecule is CCC(C)[C@H](N)C(=O)NCC1Cc2ccccc2O1. The molecule has 1 aliphatic heterocycles. The van der Waals surface area contributed by atoms with E-state index < -0.39 is 6.04 Å². The molecule has 0 spiro atoms. The molecular formula is C15H22N2O2. The van der Waals surface area contributed by atoms with Gasteiger partial charge < -0.3 is 15.8 Å². The first-order valence-electron chi connectivity index (χ1n) is 6.89. The summed E-state index contributed by atoms with van der Waals surface area (Å²) in [5.74, 6) is 1.03. The molecule has 0 aromatic heterocycles. The summed E-state index contributed by atoms with van der Waals surface area (Å²) in [6.07, 6.45) is 1.76. The summed E-state index contributed by atoms with van der Waals surface area (Å²) in [4.78, 5) is 11.9. The van der Waals surface area contributed by atoms with Crippen molar-refractivity contribution in [1.29, 1.82) is 0 Å². The number of benzene rings is 1. The number of nitrogens with one attached hydrogen (secondary N) is 1. The van der Waals surface area contributed by atoms with Crippen LogP contribution in [0.4, 0.5) is 0 Å². The molecule has 1 aromatic carbocycles. The predicted octanol–water partition coefficient (Wildman–Crippen LogP) is 1.48. The van der Waals surface area contributed by atoms with E-state index in [-0.39, 0.29) is 17.9 Å². The van der Waals surface area contributed by atoms with Gasteiger partial charge in [0, 0.05) is 6.42 Å². The number of amides is 1. The minimum absolute atomic E-state index is 0.0190. The topological polar surface area (TPSA) is 64.4 Å². The standard InChI is InChI=1S/C15H22N2O2/c1-3-10(2)14(16)15(18)17-9-12-8-11-6-4-5-7-13(11)19-12/h4-7,10,12,14H,3,8-9,16H2,1-2H3,(H,17,18)/t10?,12?,14-/m0/s1. The Labute approximate surface area is 114 Å². The van der Waals surface area contributed by atoms with Gasteiger partial charge in [0.1, 0.15) is 11.9 Å². The Hall–Kier alpha value is -1.55. The molecule has 0 bridgehead atoms. The molecule has 1 aromatic rings. The van der Waals surface area contributed by atoms with E-state index in [1.807, 2.05) is 32.0 Å². The zero-order valence-corrected chi connectivity index (χ0v) is 11.6. The second kappa shape index (κ2) is 6.06. The van der Waals surface area contributed by atoms with E-state index in [4.69, 9.17) is 10.5 Å². The Balaban J connectivity index is 1.80. The average Bonchev–Trinajstić information content (AvgIpc) is 2.85. The Morgan fingerprint density at radius 1 is 1.53 bits per heavy atom. The number of ether oxygens (including phenoxy) is 1. The van der Waals surface area contributed by atoms with Crippen LogP contribution in [0.25, 0.3) is 0 Å². The number of nitrogens with two attached hydrogens (primary N) is 1. The van der Waals surface area contributed by atoms with Crippen LogP contribution < -0.4 is 15.8 Å². The van der Waals surface area contributed by atoms with Crippen molar-refractivity contribution in [3.05, 3.63) is 29.8 Å². The van der Waals surface area contributed by atoms with Gasteiger partial charge in [0.25, 0.3) is 0 Å². The van der Waals surface area contributed by atoms with Crippen molar-refractivity contribution in [3.63, 3.8) is 0 Å². The number of hydrogen-bond donors (Lipinski definition) is 2. The second-order valence-corrected chi connectivity index (χ2v) is 5.21. The van der Waals surface area contributed by atoms with Gasteiger partial charge in [-0.3, -0.25) is 4.79 Å². The number of para-hydroxylation sites is 1. The van der Waals surface area contributed by atoms with Crippen LogP contribution in [0.3, 0.4) is 0 Å². The minimum atomic E-state index is -0.436. The summed E-state index contributed by atoms with van der Waals surface area (Å²) in [6.45, 7) is 4.54. The van der Waals surface area contributed by atoms with Crippen LogP contribution in [-0.4, -0.2) is 24.6 Å². The molecule has 0 fully saturated rings. The van der Waals surface area contributed by atoms with Crippen LogP contribution in [-0.2, 0) is 11.2 Å². The van der Waals surface area contributed by atoms with E-state index >= 15 is 0 Å². The smallest absolute Gasteiger partial charge is 0.237 e. The molecule has 19 heavy (non-hydrogen) atoms. The highest BCUT2D eigenvalue weighted by molar-refractivity contribution is 5.81. The molecule has 4 nitrogen and oxygen atoms in total. The zero-order chi connectivity index (χ0) is 13.8. The Bertz CT molecular complexity index is 423. The molecule has 4 heteroatoms. The number of carbonyl (C=O) groups is 1. The Kier molecular flexibility index (Phi) is 4.43. The molecule has 2 unspecified atom stereocenters. The van der Waals surface area contributed by atoms with Gasteiger partial charge in [0.05, 0.1) is 12.6 Å². The number of carbonyl (C=O) groups excluding carboxylic acids is 1. The van der Waals surface area contributed by atoms with Gasteiger partial charge in [-0.25, -0.2) is 0 Å². The van der Waals surface area contributed by atoms with E-state index in [1.54, 1.807) is 0 Å². The quantitative estimate of drug-likeness (QED) is 0.845. The molecule has 2 rings (SSSR count). The van der Waals surface area contributed by atoms with E-state index in [0.29, 0.717) is 6.54 Å². The fourth-order valence-electron chi connectivity index (χ4n) is 2.21. The van der Waals surface area contributed by atoms with Gasteiger partial charge in [-0.2, -0.15) is 0 Å². The third-order valence-electron chi connectivity index (χ3n) is 3.78. The molecule has 3 atom stereocenters. The van der Waals surface area contributed by atoms with Crippen molar-refractivity contribution in [1.82, 2.24) is 5.32 Å². The third-order valence-corrected chi connectivity index (χ3v) is 3.78. The van der Waals surface area contributed by atoms with Crippen LogP contribution in [0.15, 0.2) is 24.3 Å². The first-order chi connectivity index (χ1) is 9.11. The van der Waals surface area contributed by atoms with Crippen molar-refractivity contribution in [2.24, 2.45) is 11.7 Å². The first-order valence-corrected chi connectivity index (χ1v) is 6.89.